The highest BCUT2D eigenvalue weighted by atomic mass is 35.5. The molecule has 0 bridgehead atoms. The molecule has 3 aromatic rings. The molecule has 2 aromatic heterocycles. The van der Waals surface area contributed by atoms with Crippen LogP contribution in [0.2, 0.25) is 5.02 Å². The van der Waals surface area contributed by atoms with Gasteiger partial charge in [0.15, 0.2) is 11.5 Å². The minimum absolute atomic E-state index is 0.389. The van der Waals surface area contributed by atoms with Crippen molar-refractivity contribution >= 4 is 22.9 Å². The van der Waals surface area contributed by atoms with Crippen molar-refractivity contribution in [2.75, 3.05) is 7.11 Å². The molecule has 0 aliphatic heterocycles. The van der Waals surface area contributed by atoms with Crippen LogP contribution < -0.4 is 14.8 Å². The molecule has 25 heavy (non-hydrogen) atoms. The van der Waals surface area contributed by atoms with Crippen molar-refractivity contribution in [3.05, 3.63) is 75.2 Å². The van der Waals surface area contributed by atoms with Gasteiger partial charge in [-0.3, -0.25) is 4.98 Å². The Balaban J connectivity index is 1.65. The first-order valence-electron chi connectivity index (χ1n) is 7.87. The van der Waals surface area contributed by atoms with Crippen LogP contribution in [0.1, 0.15) is 16.0 Å². The molecular weight excluding hydrogens is 356 g/mol. The van der Waals surface area contributed by atoms with Crippen molar-refractivity contribution in [3.8, 4) is 11.5 Å². The van der Waals surface area contributed by atoms with Gasteiger partial charge in [-0.2, -0.15) is 0 Å². The molecule has 0 saturated heterocycles. The Labute approximate surface area is 156 Å². The summed E-state index contributed by atoms with van der Waals surface area (Å²) in [6.07, 6.45) is 3.50. The van der Waals surface area contributed by atoms with Gasteiger partial charge < -0.3 is 14.8 Å². The summed E-state index contributed by atoms with van der Waals surface area (Å²) in [6, 6.07) is 11.8. The van der Waals surface area contributed by atoms with Gasteiger partial charge in [-0.25, -0.2) is 0 Å². The van der Waals surface area contributed by atoms with Crippen LogP contribution in [-0.2, 0) is 19.7 Å². The van der Waals surface area contributed by atoms with E-state index in [1.165, 1.54) is 4.88 Å². The summed E-state index contributed by atoms with van der Waals surface area (Å²) in [6.45, 7) is 1.92. The van der Waals surface area contributed by atoms with Gasteiger partial charge in [0.25, 0.3) is 0 Å². The molecule has 130 valence electrons. The first-order valence-corrected chi connectivity index (χ1v) is 9.13. The topological polar surface area (TPSA) is 43.4 Å². The molecule has 1 N–H and O–H groups in total. The average molecular weight is 375 g/mol. The van der Waals surface area contributed by atoms with E-state index >= 15 is 0 Å². The second kappa shape index (κ2) is 8.85. The summed E-state index contributed by atoms with van der Waals surface area (Å²) in [7, 11) is 1.62. The van der Waals surface area contributed by atoms with Crippen molar-refractivity contribution in [2.24, 2.45) is 0 Å². The highest BCUT2D eigenvalue weighted by Crippen LogP contribution is 2.37. The van der Waals surface area contributed by atoms with E-state index in [-0.39, 0.29) is 0 Å². The molecule has 0 aliphatic rings. The summed E-state index contributed by atoms with van der Waals surface area (Å²) < 4.78 is 11.3. The summed E-state index contributed by atoms with van der Waals surface area (Å²) in [4.78, 5) is 5.38. The van der Waals surface area contributed by atoms with Crippen LogP contribution in [0.25, 0.3) is 0 Å². The molecule has 2 heterocycles. The van der Waals surface area contributed by atoms with E-state index in [2.05, 4.69) is 27.8 Å². The third-order valence-corrected chi connectivity index (χ3v) is 4.76. The predicted octanol–water partition coefficient (Wildman–Crippen LogP) is 4.67. The minimum Gasteiger partial charge on any atom is -0.493 e. The molecule has 0 atom stereocenters. The molecule has 1 aromatic carbocycles. The maximum absolute atomic E-state index is 6.41. The standard InChI is InChI=1S/C19H19ClN2O2S/c1-23-18-9-15(11-22-12-16-5-3-7-25-16)8-17(20)19(18)24-13-14-4-2-6-21-10-14/h2-10,22H,11-13H2,1H3. The Morgan fingerprint density at radius 2 is 2.08 bits per heavy atom. The maximum Gasteiger partial charge on any atom is 0.180 e. The average Bonchev–Trinajstić information content (AvgIpc) is 3.15. The minimum atomic E-state index is 0.389. The molecule has 3 rings (SSSR count). The van der Waals surface area contributed by atoms with Gasteiger partial charge in [0.05, 0.1) is 12.1 Å². The summed E-state index contributed by atoms with van der Waals surface area (Å²) in [5.41, 5.74) is 2.02. The van der Waals surface area contributed by atoms with Gasteiger partial charge in [-0.15, -0.1) is 11.3 Å². The Kier molecular flexibility index (Phi) is 6.28. The van der Waals surface area contributed by atoms with Crippen LogP contribution in [0.5, 0.6) is 11.5 Å². The Bertz CT molecular complexity index is 795. The third kappa shape index (κ3) is 4.95. The van der Waals surface area contributed by atoms with Crippen LogP contribution in [0.15, 0.2) is 54.2 Å². The van der Waals surface area contributed by atoms with E-state index in [1.54, 1.807) is 30.8 Å². The molecule has 0 aliphatic carbocycles. The first kappa shape index (κ1) is 17.7. The fourth-order valence-electron chi connectivity index (χ4n) is 2.40. The molecule has 4 nitrogen and oxygen atoms in total. The third-order valence-electron chi connectivity index (χ3n) is 3.60. The largest absolute Gasteiger partial charge is 0.493 e. The number of nitrogens with zero attached hydrogens (tertiary/aromatic N) is 1. The summed E-state index contributed by atoms with van der Waals surface area (Å²) in [5.74, 6) is 1.18. The van der Waals surface area contributed by atoms with E-state index in [4.69, 9.17) is 21.1 Å². The second-order valence-electron chi connectivity index (χ2n) is 5.44. The van der Waals surface area contributed by atoms with Crippen LogP contribution in [0.3, 0.4) is 0 Å². The number of methoxy groups -OCH3 is 1. The fraction of sp³-hybridized carbons (Fsp3) is 0.211. The lowest BCUT2D eigenvalue weighted by Gasteiger charge is -2.14. The van der Waals surface area contributed by atoms with Crippen molar-refractivity contribution in [2.45, 2.75) is 19.7 Å². The normalized spacial score (nSPS) is 10.6. The number of benzene rings is 1. The number of ether oxygens (including phenoxy) is 2. The SMILES string of the molecule is COc1cc(CNCc2cccs2)cc(Cl)c1OCc1cccnc1. The van der Waals surface area contributed by atoms with Gasteiger partial charge in [-0.05, 0) is 35.2 Å². The monoisotopic (exact) mass is 374 g/mol. The molecule has 0 amide bonds. The van der Waals surface area contributed by atoms with Gasteiger partial charge in [0, 0.05) is 35.9 Å². The molecule has 0 spiro atoms. The number of halogens is 1. The molecular formula is C19H19ClN2O2S. The highest BCUT2D eigenvalue weighted by molar-refractivity contribution is 7.09. The van der Waals surface area contributed by atoms with E-state index in [0.29, 0.717) is 29.7 Å². The van der Waals surface area contributed by atoms with Gasteiger partial charge in [0.2, 0.25) is 0 Å². The quantitative estimate of drug-likeness (QED) is 0.622. The van der Waals surface area contributed by atoms with Crippen LogP contribution in [0.4, 0.5) is 0 Å². The number of aromatic nitrogens is 1. The van der Waals surface area contributed by atoms with Gasteiger partial charge in [0.1, 0.15) is 6.61 Å². The lowest BCUT2D eigenvalue weighted by molar-refractivity contribution is 0.284. The lowest BCUT2D eigenvalue weighted by atomic mass is 10.2. The summed E-state index contributed by atoms with van der Waals surface area (Å²) in [5, 5.41) is 6.02. The Morgan fingerprint density at radius 3 is 2.80 bits per heavy atom. The van der Waals surface area contributed by atoms with Crippen molar-refractivity contribution in [1.29, 1.82) is 0 Å². The fourth-order valence-corrected chi connectivity index (χ4v) is 3.36. The molecule has 0 unspecified atom stereocenters. The zero-order chi connectivity index (χ0) is 17.5. The van der Waals surface area contributed by atoms with Gasteiger partial charge in [-0.1, -0.05) is 23.7 Å². The number of hydrogen-bond acceptors (Lipinski definition) is 5. The van der Waals surface area contributed by atoms with Crippen LogP contribution in [0, 0.1) is 0 Å². The van der Waals surface area contributed by atoms with Crippen LogP contribution >= 0.6 is 22.9 Å². The molecule has 6 heteroatoms. The van der Waals surface area contributed by atoms with E-state index < -0.39 is 0 Å². The van der Waals surface area contributed by atoms with Crippen molar-refractivity contribution in [3.63, 3.8) is 0 Å². The smallest absolute Gasteiger partial charge is 0.180 e. The zero-order valence-corrected chi connectivity index (χ0v) is 15.4. The Morgan fingerprint density at radius 1 is 1.16 bits per heavy atom. The number of nitrogens with one attached hydrogen (secondary N) is 1. The molecule has 0 radical (unpaired) electrons. The lowest BCUT2D eigenvalue weighted by Crippen LogP contribution is -2.12. The number of hydrogen-bond donors (Lipinski definition) is 1. The molecule has 0 fully saturated rings. The van der Waals surface area contributed by atoms with Gasteiger partial charge >= 0.3 is 0 Å². The number of rotatable bonds is 8. The van der Waals surface area contributed by atoms with E-state index in [0.717, 1.165) is 17.7 Å². The highest BCUT2D eigenvalue weighted by Gasteiger charge is 2.12. The van der Waals surface area contributed by atoms with Crippen LogP contribution in [-0.4, -0.2) is 12.1 Å². The Hall–Kier alpha value is -2.08. The first-order chi connectivity index (χ1) is 12.3. The summed E-state index contributed by atoms with van der Waals surface area (Å²) >= 11 is 8.15. The van der Waals surface area contributed by atoms with E-state index in [9.17, 15) is 0 Å². The van der Waals surface area contributed by atoms with Crippen molar-refractivity contribution < 1.29 is 9.47 Å². The second-order valence-corrected chi connectivity index (χ2v) is 6.88. The predicted molar refractivity (Wildman–Crippen MR) is 101 cm³/mol. The van der Waals surface area contributed by atoms with E-state index in [1.807, 2.05) is 24.3 Å². The zero-order valence-electron chi connectivity index (χ0n) is 13.9. The molecule has 0 saturated carbocycles. The maximum atomic E-state index is 6.41. The number of pyridine rings is 1. The van der Waals surface area contributed by atoms with Crippen molar-refractivity contribution in [1.82, 2.24) is 10.3 Å². The number of thiophene rings is 1.